The molecule has 0 radical (unpaired) electrons. The molecule has 0 amide bonds. The van der Waals surface area contributed by atoms with E-state index >= 15 is 0 Å². The Kier molecular flexibility index (Phi) is 9.56. The third-order valence-corrected chi connectivity index (χ3v) is 6.42. The topological polar surface area (TPSA) is 71.8 Å². The molecule has 3 aromatic carbocycles. The summed E-state index contributed by atoms with van der Waals surface area (Å²) in [5, 5.41) is 8.92. The van der Waals surface area contributed by atoms with Crippen molar-refractivity contribution in [2.75, 3.05) is 27.0 Å². The third-order valence-electron chi connectivity index (χ3n) is 6.42. The van der Waals surface area contributed by atoms with Crippen molar-refractivity contribution in [1.29, 1.82) is 5.26 Å². The molecule has 0 unspecified atom stereocenters. The number of esters is 1. The lowest BCUT2D eigenvalue weighted by atomic mass is 10.0. The standard InChI is InChI=1S/C31H34N2O4/c1-33-22-28-20-27(14-17-30(28)37-23-33)31(34)36-19-7-5-3-2-4-6-18-35-29-15-12-26(13-16-29)25-10-8-24(21-32)9-11-25/h8-17,20H,2-7,18-19,22-23H2,1H3. The molecule has 6 heteroatoms. The summed E-state index contributed by atoms with van der Waals surface area (Å²) in [7, 11) is 1.99. The van der Waals surface area contributed by atoms with Crippen molar-refractivity contribution in [3.8, 4) is 28.7 Å². The Labute approximate surface area is 219 Å². The minimum absolute atomic E-state index is 0.266. The van der Waals surface area contributed by atoms with E-state index in [1.54, 1.807) is 6.07 Å². The second-order valence-corrected chi connectivity index (χ2v) is 9.43. The zero-order chi connectivity index (χ0) is 25.9. The van der Waals surface area contributed by atoms with Crippen molar-refractivity contribution < 1.29 is 19.0 Å². The van der Waals surface area contributed by atoms with E-state index in [0.717, 1.165) is 73.3 Å². The van der Waals surface area contributed by atoms with Crippen molar-refractivity contribution in [3.05, 3.63) is 83.4 Å². The molecule has 0 bridgehead atoms. The van der Waals surface area contributed by atoms with Crippen LogP contribution in [0.2, 0.25) is 0 Å². The molecule has 0 aliphatic carbocycles. The van der Waals surface area contributed by atoms with E-state index in [1.807, 2.05) is 67.7 Å². The van der Waals surface area contributed by atoms with Gasteiger partial charge in [-0.15, -0.1) is 0 Å². The van der Waals surface area contributed by atoms with Gasteiger partial charge in [-0.3, -0.25) is 4.90 Å². The van der Waals surface area contributed by atoms with Crippen molar-refractivity contribution in [2.45, 2.75) is 45.1 Å². The molecule has 6 nitrogen and oxygen atoms in total. The molecule has 0 fully saturated rings. The van der Waals surface area contributed by atoms with Gasteiger partial charge in [-0.25, -0.2) is 4.79 Å². The summed E-state index contributed by atoms with van der Waals surface area (Å²) in [6.07, 6.45) is 6.34. The van der Waals surface area contributed by atoms with Gasteiger partial charge in [0.1, 0.15) is 18.2 Å². The number of ether oxygens (including phenoxy) is 3. The minimum atomic E-state index is -0.266. The third kappa shape index (κ3) is 7.83. The first-order chi connectivity index (χ1) is 18.1. The summed E-state index contributed by atoms with van der Waals surface area (Å²) in [5.74, 6) is 1.45. The molecule has 3 aromatic rings. The number of nitrogens with zero attached hydrogens (tertiary/aromatic N) is 2. The Balaban J connectivity index is 1.04. The SMILES string of the molecule is CN1COc2ccc(C(=O)OCCCCCCCCOc3ccc(-c4ccc(C#N)cc4)cc3)cc2C1. The number of carbonyl (C=O) groups is 1. The van der Waals surface area contributed by atoms with Crippen molar-refractivity contribution >= 4 is 5.97 Å². The van der Waals surface area contributed by atoms with E-state index in [2.05, 4.69) is 11.0 Å². The molecule has 1 aliphatic heterocycles. The highest BCUT2D eigenvalue weighted by Crippen LogP contribution is 2.26. The average Bonchev–Trinajstić information content (AvgIpc) is 2.94. The zero-order valence-electron chi connectivity index (χ0n) is 21.4. The van der Waals surface area contributed by atoms with Crippen LogP contribution < -0.4 is 9.47 Å². The van der Waals surface area contributed by atoms with Gasteiger partial charge in [0.25, 0.3) is 0 Å². The first kappa shape index (κ1) is 26.2. The number of unbranched alkanes of at least 4 members (excludes halogenated alkanes) is 5. The molecule has 0 saturated carbocycles. The first-order valence-corrected chi connectivity index (χ1v) is 13.0. The number of rotatable bonds is 12. The Morgan fingerprint density at radius 3 is 2.24 bits per heavy atom. The number of hydrogen-bond acceptors (Lipinski definition) is 6. The monoisotopic (exact) mass is 498 g/mol. The molecule has 0 aromatic heterocycles. The highest BCUT2D eigenvalue weighted by molar-refractivity contribution is 5.89. The second-order valence-electron chi connectivity index (χ2n) is 9.43. The van der Waals surface area contributed by atoms with Crippen LogP contribution in [0.3, 0.4) is 0 Å². The normalized spacial score (nSPS) is 12.8. The molecular formula is C31H34N2O4. The molecule has 0 spiro atoms. The molecule has 0 atom stereocenters. The fourth-order valence-electron chi connectivity index (χ4n) is 4.32. The van der Waals surface area contributed by atoms with Crippen LogP contribution in [0.1, 0.15) is 60.0 Å². The lowest BCUT2D eigenvalue weighted by Gasteiger charge is -2.25. The van der Waals surface area contributed by atoms with E-state index in [1.165, 1.54) is 0 Å². The molecule has 1 aliphatic rings. The number of benzene rings is 3. The van der Waals surface area contributed by atoms with E-state index in [4.69, 9.17) is 19.5 Å². The summed E-state index contributed by atoms with van der Waals surface area (Å²) in [6.45, 7) is 2.50. The molecule has 37 heavy (non-hydrogen) atoms. The largest absolute Gasteiger partial charge is 0.494 e. The molecule has 0 N–H and O–H groups in total. The summed E-state index contributed by atoms with van der Waals surface area (Å²) in [5.41, 5.74) is 4.46. The summed E-state index contributed by atoms with van der Waals surface area (Å²) in [4.78, 5) is 14.4. The van der Waals surface area contributed by atoms with Crippen molar-refractivity contribution in [2.24, 2.45) is 0 Å². The number of nitriles is 1. The predicted octanol–water partition coefficient (Wildman–Crippen LogP) is 6.58. The smallest absolute Gasteiger partial charge is 0.338 e. The molecular weight excluding hydrogens is 464 g/mol. The quantitative estimate of drug-likeness (QED) is 0.207. The van der Waals surface area contributed by atoms with Crippen LogP contribution in [-0.4, -0.2) is 37.9 Å². The van der Waals surface area contributed by atoms with Crippen LogP contribution in [0.4, 0.5) is 0 Å². The molecule has 192 valence electrons. The van der Waals surface area contributed by atoms with Crippen LogP contribution >= 0.6 is 0 Å². The molecule has 4 rings (SSSR count). The molecule has 0 saturated heterocycles. The average molecular weight is 499 g/mol. The highest BCUT2D eigenvalue weighted by Gasteiger charge is 2.17. The minimum Gasteiger partial charge on any atom is -0.494 e. The lowest BCUT2D eigenvalue weighted by molar-refractivity contribution is 0.0496. The van der Waals surface area contributed by atoms with Gasteiger partial charge in [-0.2, -0.15) is 5.26 Å². The number of carbonyl (C=O) groups excluding carboxylic acids is 1. The van der Waals surface area contributed by atoms with Gasteiger partial charge in [0.05, 0.1) is 30.4 Å². The fraction of sp³-hybridized carbons (Fsp3) is 0.355. The van der Waals surface area contributed by atoms with Crippen LogP contribution in [-0.2, 0) is 11.3 Å². The van der Waals surface area contributed by atoms with E-state index in [-0.39, 0.29) is 5.97 Å². The van der Waals surface area contributed by atoms with E-state index in [0.29, 0.717) is 31.1 Å². The van der Waals surface area contributed by atoms with Crippen molar-refractivity contribution in [3.63, 3.8) is 0 Å². The van der Waals surface area contributed by atoms with Crippen LogP contribution in [0, 0.1) is 11.3 Å². The van der Waals surface area contributed by atoms with Gasteiger partial charge in [0.15, 0.2) is 0 Å². The van der Waals surface area contributed by atoms with Gasteiger partial charge < -0.3 is 14.2 Å². The molecule has 1 heterocycles. The van der Waals surface area contributed by atoms with Gasteiger partial charge in [-0.05, 0) is 73.5 Å². The maximum atomic E-state index is 12.3. The Morgan fingerprint density at radius 2 is 1.54 bits per heavy atom. The highest BCUT2D eigenvalue weighted by atomic mass is 16.5. The Hall–Kier alpha value is -3.82. The van der Waals surface area contributed by atoms with Gasteiger partial charge in [0, 0.05) is 12.1 Å². The first-order valence-electron chi connectivity index (χ1n) is 13.0. The number of hydrogen-bond donors (Lipinski definition) is 0. The zero-order valence-corrected chi connectivity index (χ0v) is 21.4. The summed E-state index contributed by atoms with van der Waals surface area (Å²) < 4.78 is 17.0. The fourth-order valence-corrected chi connectivity index (χ4v) is 4.32. The van der Waals surface area contributed by atoms with Gasteiger partial charge >= 0.3 is 5.97 Å². The van der Waals surface area contributed by atoms with E-state index in [9.17, 15) is 4.79 Å². The Morgan fingerprint density at radius 1 is 0.892 bits per heavy atom. The van der Waals surface area contributed by atoms with Gasteiger partial charge in [0.2, 0.25) is 0 Å². The maximum absolute atomic E-state index is 12.3. The number of fused-ring (bicyclic) bond motifs is 1. The van der Waals surface area contributed by atoms with Crippen LogP contribution in [0.15, 0.2) is 66.7 Å². The van der Waals surface area contributed by atoms with Crippen LogP contribution in [0.25, 0.3) is 11.1 Å². The maximum Gasteiger partial charge on any atom is 0.338 e. The van der Waals surface area contributed by atoms with E-state index < -0.39 is 0 Å². The van der Waals surface area contributed by atoms with Gasteiger partial charge in [-0.1, -0.05) is 49.9 Å². The van der Waals surface area contributed by atoms with Crippen LogP contribution in [0.5, 0.6) is 11.5 Å². The lowest BCUT2D eigenvalue weighted by Crippen LogP contribution is -2.28. The second kappa shape index (κ2) is 13.5. The summed E-state index contributed by atoms with van der Waals surface area (Å²) >= 11 is 0. The predicted molar refractivity (Wildman–Crippen MR) is 143 cm³/mol. The Bertz CT molecular complexity index is 1200. The summed E-state index contributed by atoms with van der Waals surface area (Å²) in [6, 6.07) is 23.3. The van der Waals surface area contributed by atoms with Crippen molar-refractivity contribution in [1.82, 2.24) is 4.90 Å².